The summed E-state index contributed by atoms with van der Waals surface area (Å²) in [6.07, 6.45) is 13.7. The summed E-state index contributed by atoms with van der Waals surface area (Å²) in [4.78, 5) is 0. The zero-order chi connectivity index (χ0) is 18.5. The number of phenols is 1. The molecule has 1 N–H and O–H groups in total. The van der Waals surface area contributed by atoms with E-state index in [0.717, 1.165) is 11.8 Å². The maximum Gasteiger partial charge on any atom is 0.115 e. The van der Waals surface area contributed by atoms with Crippen LogP contribution in [-0.2, 0) is 0 Å². The van der Waals surface area contributed by atoms with Gasteiger partial charge in [-0.15, -0.1) is 0 Å². The number of benzene rings is 2. The molecule has 2 aliphatic rings. The minimum Gasteiger partial charge on any atom is -0.508 e. The number of phenolic OH excluding ortho intramolecular Hbond substituents is 1. The highest BCUT2D eigenvalue weighted by Gasteiger charge is 2.25. The average molecular weight is 361 g/mol. The molecule has 2 aliphatic carbocycles. The number of hydrogen-bond donors (Lipinski definition) is 1. The van der Waals surface area contributed by atoms with Crippen LogP contribution >= 0.6 is 0 Å². The molecule has 0 aromatic heterocycles. The van der Waals surface area contributed by atoms with Crippen molar-refractivity contribution in [3.63, 3.8) is 0 Å². The Hall–Kier alpha value is -2.02. The molecule has 2 saturated carbocycles. The van der Waals surface area contributed by atoms with Crippen LogP contribution in [-0.4, -0.2) is 5.11 Å². The lowest BCUT2D eigenvalue weighted by Gasteiger charge is -2.23. The Morgan fingerprint density at radius 1 is 0.741 bits per heavy atom. The third kappa shape index (κ3) is 4.46. The minimum atomic E-state index is 0.347. The molecule has 142 valence electrons. The molecule has 0 radical (unpaired) electrons. The lowest BCUT2D eigenvalue weighted by molar-refractivity contribution is 0.475. The van der Waals surface area contributed by atoms with Gasteiger partial charge in [0, 0.05) is 0 Å². The molecule has 2 aromatic carbocycles. The van der Waals surface area contributed by atoms with Crippen molar-refractivity contribution in [1.82, 2.24) is 0 Å². The van der Waals surface area contributed by atoms with Gasteiger partial charge in [0.1, 0.15) is 5.75 Å². The fraction of sp³-hybridized carbons (Fsp3) is 0.462. The second-order valence-electron chi connectivity index (χ2n) is 8.48. The third-order valence-corrected chi connectivity index (χ3v) is 6.68. The maximum absolute atomic E-state index is 9.79. The van der Waals surface area contributed by atoms with E-state index in [1.807, 2.05) is 12.1 Å². The molecule has 2 aromatic rings. The predicted octanol–water partition coefficient (Wildman–Crippen LogP) is 7.35. The van der Waals surface area contributed by atoms with Crippen molar-refractivity contribution in [2.24, 2.45) is 11.8 Å². The van der Waals surface area contributed by atoms with E-state index in [-0.39, 0.29) is 0 Å². The van der Waals surface area contributed by atoms with Crippen LogP contribution in [0.2, 0.25) is 0 Å². The quantitative estimate of drug-likeness (QED) is 0.570. The average Bonchev–Trinajstić information content (AvgIpc) is 3.41. The van der Waals surface area contributed by atoms with Crippen LogP contribution < -0.4 is 0 Å². The second-order valence-corrected chi connectivity index (χ2v) is 8.48. The Bertz CT molecular complexity index is 745. The van der Waals surface area contributed by atoms with E-state index in [0.29, 0.717) is 5.75 Å². The second kappa shape index (κ2) is 8.78. The normalized spacial score (nSPS) is 19.4. The first-order valence-electron chi connectivity index (χ1n) is 10.9. The van der Waals surface area contributed by atoms with Crippen LogP contribution in [0.25, 0.3) is 5.57 Å². The molecule has 1 heteroatoms. The van der Waals surface area contributed by atoms with Gasteiger partial charge in [-0.05, 0) is 66.4 Å². The van der Waals surface area contributed by atoms with Gasteiger partial charge < -0.3 is 5.11 Å². The smallest absolute Gasteiger partial charge is 0.115 e. The molecule has 0 aliphatic heterocycles. The molecular formula is C26H32O. The first kappa shape index (κ1) is 18.3. The van der Waals surface area contributed by atoms with Crippen LogP contribution in [0, 0.1) is 11.8 Å². The summed E-state index contributed by atoms with van der Waals surface area (Å²) in [6, 6.07) is 18.8. The van der Waals surface area contributed by atoms with Crippen molar-refractivity contribution in [1.29, 1.82) is 0 Å². The van der Waals surface area contributed by atoms with Gasteiger partial charge in [0.2, 0.25) is 0 Å². The zero-order valence-electron chi connectivity index (χ0n) is 16.4. The van der Waals surface area contributed by atoms with E-state index < -0.39 is 0 Å². The van der Waals surface area contributed by atoms with Crippen molar-refractivity contribution in [2.75, 3.05) is 0 Å². The molecule has 4 rings (SSSR count). The Morgan fingerprint density at radius 3 is 2.00 bits per heavy atom. The monoisotopic (exact) mass is 360 g/mol. The van der Waals surface area contributed by atoms with E-state index in [1.54, 1.807) is 5.57 Å². The number of allylic oxidation sites excluding steroid dienone is 1. The lowest BCUT2D eigenvalue weighted by Crippen LogP contribution is -2.07. The van der Waals surface area contributed by atoms with Gasteiger partial charge in [0.25, 0.3) is 0 Å². The fourth-order valence-electron chi connectivity index (χ4n) is 5.24. The molecule has 0 atom stereocenters. The molecule has 0 bridgehead atoms. The van der Waals surface area contributed by atoms with Gasteiger partial charge in [-0.25, -0.2) is 0 Å². The summed E-state index contributed by atoms with van der Waals surface area (Å²) in [5.41, 5.74) is 5.70. The highest BCUT2D eigenvalue weighted by molar-refractivity contribution is 5.82. The molecule has 0 heterocycles. The topological polar surface area (TPSA) is 20.2 Å². The molecular weight excluding hydrogens is 328 g/mol. The minimum absolute atomic E-state index is 0.347. The Kier molecular flexibility index (Phi) is 5.97. The van der Waals surface area contributed by atoms with Crippen LogP contribution in [0.3, 0.4) is 0 Å². The van der Waals surface area contributed by atoms with Crippen molar-refractivity contribution in [3.8, 4) is 5.75 Å². The highest BCUT2D eigenvalue weighted by Crippen LogP contribution is 2.42. The van der Waals surface area contributed by atoms with Crippen molar-refractivity contribution < 1.29 is 5.11 Å². The summed E-state index contributed by atoms with van der Waals surface area (Å²) >= 11 is 0. The van der Waals surface area contributed by atoms with E-state index >= 15 is 0 Å². The van der Waals surface area contributed by atoms with E-state index in [4.69, 9.17) is 0 Å². The van der Waals surface area contributed by atoms with Crippen molar-refractivity contribution >= 4 is 5.57 Å². The third-order valence-electron chi connectivity index (χ3n) is 6.68. The van der Waals surface area contributed by atoms with E-state index in [2.05, 4.69) is 42.5 Å². The maximum atomic E-state index is 9.79. The van der Waals surface area contributed by atoms with Crippen molar-refractivity contribution in [2.45, 2.75) is 64.2 Å². The Morgan fingerprint density at radius 2 is 1.33 bits per heavy atom. The van der Waals surface area contributed by atoms with Crippen LogP contribution in [0.1, 0.15) is 75.3 Å². The molecule has 0 unspecified atom stereocenters. The van der Waals surface area contributed by atoms with Gasteiger partial charge in [-0.1, -0.05) is 86.6 Å². The molecule has 0 saturated heterocycles. The molecule has 27 heavy (non-hydrogen) atoms. The zero-order valence-corrected chi connectivity index (χ0v) is 16.4. The van der Waals surface area contributed by atoms with Gasteiger partial charge >= 0.3 is 0 Å². The van der Waals surface area contributed by atoms with E-state index in [9.17, 15) is 5.11 Å². The summed E-state index contributed by atoms with van der Waals surface area (Å²) in [7, 11) is 0. The number of rotatable bonds is 6. The first-order valence-corrected chi connectivity index (χ1v) is 10.9. The molecule has 0 amide bonds. The predicted molar refractivity (Wildman–Crippen MR) is 114 cm³/mol. The van der Waals surface area contributed by atoms with Crippen LogP contribution in [0.5, 0.6) is 5.75 Å². The number of aromatic hydroxyl groups is 1. The standard InChI is InChI=1S/C26H32O/c27-24-17-15-23(16-18-24)26(22-12-2-1-3-13-22)25(21-10-6-7-11-21)19-14-20-8-4-5-9-20/h1-3,12-13,15-18,20-21,27H,4-11,14,19H2/b26-25+. The van der Waals surface area contributed by atoms with E-state index in [1.165, 1.54) is 80.9 Å². The first-order chi connectivity index (χ1) is 13.3. The van der Waals surface area contributed by atoms with Crippen LogP contribution in [0.15, 0.2) is 60.2 Å². The lowest BCUT2D eigenvalue weighted by atomic mass is 9.82. The van der Waals surface area contributed by atoms with Gasteiger partial charge in [-0.2, -0.15) is 0 Å². The SMILES string of the molecule is Oc1ccc(/C(=C(\CCC2CCCC2)C2CCCC2)c2ccccc2)cc1. The summed E-state index contributed by atoms with van der Waals surface area (Å²) in [6.45, 7) is 0. The van der Waals surface area contributed by atoms with Gasteiger partial charge in [0.15, 0.2) is 0 Å². The summed E-state index contributed by atoms with van der Waals surface area (Å²) in [5.74, 6) is 2.01. The molecule has 1 nitrogen and oxygen atoms in total. The van der Waals surface area contributed by atoms with Crippen LogP contribution in [0.4, 0.5) is 0 Å². The largest absolute Gasteiger partial charge is 0.508 e. The molecule has 0 spiro atoms. The van der Waals surface area contributed by atoms with Gasteiger partial charge in [-0.3, -0.25) is 0 Å². The van der Waals surface area contributed by atoms with Gasteiger partial charge in [0.05, 0.1) is 0 Å². The highest BCUT2D eigenvalue weighted by atomic mass is 16.3. The Labute approximate surface area is 164 Å². The Balaban J connectivity index is 1.76. The molecule has 2 fully saturated rings. The summed E-state index contributed by atoms with van der Waals surface area (Å²) < 4.78 is 0. The van der Waals surface area contributed by atoms with Crippen molar-refractivity contribution in [3.05, 3.63) is 71.3 Å². The number of hydrogen-bond acceptors (Lipinski definition) is 1. The fourth-order valence-corrected chi connectivity index (χ4v) is 5.24. The summed E-state index contributed by atoms with van der Waals surface area (Å²) in [5, 5.41) is 9.79.